The molecular weight excluding hydrogens is 416 g/mol. The molecule has 1 amide bonds. The molecule has 0 aliphatic carbocycles. The molecule has 166 valence electrons. The predicted octanol–water partition coefficient (Wildman–Crippen LogP) is 5.60. The first-order valence-corrected chi connectivity index (χ1v) is 11.6. The highest BCUT2D eigenvalue weighted by molar-refractivity contribution is 7.98. The van der Waals surface area contributed by atoms with E-state index < -0.39 is 0 Å². The Bertz CT molecular complexity index is 1020. The molecule has 0 saturated heterocycles. The van der Waals surface area contributed by atoms with E-state index in [9.17, 15) is 4.79 Å². The number of carbonyl (C=O) groups is 1. The molecule has 32 heavy (non-hydrogen) atoms. The number of nitrogens with zero attached hydrogens (tertiary/aromatic N) is 2. The Kier molecular flexibility index (Phi) is 8.96. The Morgan fingerprint density at radius 1 is 0.906 bits per heavy atom. The van der Waals surface area contributed by atoms with Gasteiger partial charge in [0.1, 0.15) is 5.75 Å². The summed E-state index contributed by atoms with van der Waals surface area (Å²) in [6.07, 6.45) is 3.54. The fourth-order valence-corrected chi connectivity index (χ4v) is 4.17. The van der Waals surface area contributed by atoms with E-state index in [1.54, 1.807) is 24.9 Å². The Labute approximate surface area is 195 Å². The SMILES string of the molecule is COc1ccc(CSc2ccccc2N(CCN(C)C)C(=O)/C=C/c2ccccc2)cc1. The van der Waals surface area contributed by atoms with Crippen LogP contribution in [0.5, 0.6) is 5.75 Å². The Morgan fingerprint density at radius 3 is 2.28 bits per heavy atom. The molecule has 3 aromatic rings. The van der Waals surface area contributed by atoms with Crippen LogP contribution >= 0.6 is 11.8 Å². The van der Waals surface area contributed by atoms with E-state index in [0.29, 0.717) is 6.54 Å². The minimum atomic E-state index is -0.0202. The number of hydrogen-bond acceptors (Lipinski definition) is 4. The Balaban J connectivity index is 1.80. The van der Waals surface area contributed by atoms with Gasteiger partial charge in [0.2, 0.25) is 0 Å². The maximum Gasteiger partial charge on any atom is 0.251 e. The molecule has 0 spiro atoms. The highest BCUT2D eigenvalue weighted by atomic mass is 32.2. The van der Waals surface area contributed by atoms with Crippen molar-refractivity contribution in [3.63, 3.8) is 0 Å². The number of benzene rings is 3. The summed E-state index contributed by atoms with van der Waals surface area (Å²) in [5.74, 6) is 1.65. The molecule has 0 bridgehead atoms. The lowest BCUT2D eigenvalue weighted by molar-refractivity contribution is -0.114. The zero-order valence-corrected chi connectivity index (χ0v) is 19.7. The van der Waals surface area contributed by atoms with Crippen molar-refractivity contribution in [3.8, 4) is 5.75 Å². The van der Waals surface area contributed by atoms with Crippen LogP contribution in [0, 0.1) is 0 Å². The monoisotopic (exact) mass is 446 g/mol. The van der Waals surface area contributed by atoms with Crippen LogP contribution in [0.1, 0.15) is 11.1 Å². The molecule has 5 heteroatoms. The summed E-state index contributed by atoms with van der Waals surface area (Å²) in [6.45, 7) is 1.40. The van der Waals surface area contributed by atoms with E-state index in [1.165, 1.54) is 5.56 Å². The molecule has 0 saturated carbocycles. The van der Waals surface area contributed by atoms with Crippen LogP contribution < -0.4 is 9.64 Å². The quantitative estimate of drug-likeness (QED) is 0.300. The van der Waals surface area contributed by atoms with E-state index in [4.69, 9.17) is 4.74 Å². The fraction of sp³-hybridized carbons (Fsp3) is 0.222. The van der Waals surface area contributed by atoms with Gasteiger partial charge in [-0.15, -0.1) is 11.8 Å². The van der Waals surface area contributed by atoms with Crippen LogP contribution in [-0.4, -0.2) is 45.1 Å². The van der Waals surface area contributed by atoms with Crippen molar-refractivity contribution in [1.29, 1.82) is 0 Å². The maximum absolute atomic E-state index is 13.2. The maximum atomic E-state index is 13.2. The first-order valence-electron chi connectivity index (χ1n) is 10.6. The smallest absolute Gasteiger partial charge is 0.251 e. The molecule has 0 unspecified atom stereocenters. The molecule has 0 aliphatic heterocycles. The first-order chi connectivity index (χ1) is 15.6. The molecule has 0 aliphatic rings. The highest BCUT2D eigenvalue weighted by Crippen LogP contribution is 2.33. The third kappa shape index (κ3) is 7.01. The van der Waals surface area contributed by atoms with Gasteiger partial charge in [0.15, 0.2) is 0 Å². The van der Waals surface area contributed by atoms with Gasteiger partial charge in [0.05, 0.1) is 12.8 Å². The van der Waals surface area contributed by atoms with Crippen LogP contribution in [-0.2, 0) is 10.5 Å². The van der Waals surface area contributed by atoms with Crippen molar-refractivity contribution < 1.29 is 9.53 Å². The molecule has 0 aromatic heterocycles. The van der Waals surface area contributed by atoms with Crippen molar-refractivity contribution >= 4 is 29.4 Å². The topological polar surface area (TPSA) is 32.8 Å². The Morgan fingerprint density at radius 2 is 1.59 bits per heavy atom. The number of hydrogen-bond donors (Lipinski definition) is 0. The standard InChI is InChI=1S/C27H30N2O2S/c1-28(2)19-20-29(27(30)18-15-22-9-5-4-6-10-22)25-11-7-8-12-26(25)32-21-23-13-16-24(31-3)17-14-23/h4-18H,19-21H2,1-3H3/b18-15+. The lowest BCUT2D eigenvalue weighted by Gasteiger charge is -2.25. The first kappa shape index (κ1) is 23.6. The highest BCUT2D eigenvalue weighted by Gasteiger charge is 2.17. The zero-order valence-electron chi connectivity index (χ0n) is 18.9. The number of likely N-dealkylation sites (N-methyl/N-ethyl adjacent to an activating group) is 1. The number of methoxy groups -OCH3 is 1. The molecule has 0 heterocycles. The predicted molar refractivity (Wildman–Crippen MR) is 135 cm³/mol. The minimum absolute atomic E-state index is 0.0202. The normalized spacial score (nSPS) is 11.1. The van der Waals surface area contributed by atoms with Gasteiger partial charge in [0, 0.05) is 29.8 Å². The zero-order chi connectivity index (χ0) is 22.8. The van der Waals surface area contributed by atoms with Gasteiger partial charge in [-0.2, -0.15) is 0 Å². The third-order valence-corrected chi connectivity index (χ3v) is 6.10. The van der Waals surface area contributed by atoms with Gasteiger partial charge in [-0.3, -0.25) is 4.79 Å². The van der Waals surface area contributed by atoms with Crippen molar-refractivity contribution in [2.75, 3.05) is 39.2 Å². The molecule has 0 radical (unpaired) electrons. The van der Waals surface area contributed by atoms with Gasteiger partial charge in [-0.05, 0) is 55.6 Å². The second kappa shape index (κ2) is 12.1. The number of ether oxygens (including phenoxy) is 1. The van der Waals surface area contributed by atoms with E-state index >= 15 is 0 Å². The summed E-state index contributed by atoms with van der Waals surface area (Å²) >= 11 is 1.74. The average molecular weight is 447 g/mol. The molecule has 0 atom stereocenters. The summed E-state index contributed by atoms with van der Waals surface area (Å²) in [5.41, 5.74) is 3.16. The molecule has 4 nitrogen and oxygen atoms in total. The summed E-state index contributed by atoms with van der Waals surface area (Å²) in [6, 6.07) is 26.1. The van der Waals surface area contributed by atoms with E-state index in [0.717, 1.165) is 34.2 Å². The van der Waals surface area contributed by atoms with Crippen LogP contribution in [0.2, 0.25) is 0 Å². The number of thioether (sulfide) groups is 1. The lowest BCUT2D eigenvalue weighted by atomic mass is 10.2. The summed E-state index contributed by atoms with van der Waals surface area (Å²) < 4.78 is 5.25. The lowest BCUT2D eigenvalue weighted by Crippen LogP contribution is -2.36. The second-order valence-electron chi connectivity index (χ2n) is 7.64. The molecule has 0 N–H and O–H groups in total. The van der Waals surface area contributed by atoms with Gasteiger partial charge in [-0.1, -0.05) is 54.6 Å². The van der Waals surface area contributed by atoms with Crippen molar-refractivity contribution in [3.05, 3.63) is 96.1 Å². The van der Waals surface area contributed by atoms with Crippen LogP contribution in [0.15, 0.2) is 89.8 Å². The van der Waals surface area contributed by atoms with Crippen molar-refractivity contribution in [2.45, 2.75) is 10.6 Å². The molecular formula is C27H30N2O2S. The van der Waals surface area contributed by atoms with Gasteiger partial charge < -0.3 is 14.5 Å². The summed E-state index contributed by atoms with van der Waals surface area (Å²) in [5, 5.41) is 0. The van der Waals surface area contributed by atoms with E-state index in [-0.39, 0.29) is 5.91 Å². The molecule has 3 aromatic carbocycles. The van der Waals surface area contributed by atoms with E-state index in [2.05, 4.69) is 23.1 Å². The number of anilines is 1. The largest absolute Gasteiger partial charge is 0.497 e. The summed E-state index contributed by atoms with van der Waals surface area (Å²) in [7, 11) is 5.71. The average Bonchev–Trinajstić information content (AvgIpc) is 2.83. The number of carbonyl (C=O) groups excluding carboxylic acids is 1. The number of rotatable bonds is 10. The Hall–Kier alpha value is -3.02. The number of para-hydroxylation sites is 1. The third-order valence-electron chi connectivity index (χ3n) is 4.96. The summed E-state index contributed by atoms with van der Waals surface area (Å²) in [4.78, 5) is 18.3. The van der Waals surface area contributed by atoms with Crippen LogP contribution in [0.25, 0.3) is 6.08 Å². The van der Waals surface area contributed by atoms with Gasteiger partial charge in [-0.25, -0.2) is 0 Å². The second-order valence-corrected chi connectivity index (χ2v) is 8.66. The van der Waals surface area contributed by atoms with Crippen molar-refractivity contribution in [2.24, 2.45) is 0 Å². The van der Waals surface area contributed by atoms with E-state index in [1.807, 2.05) is 85.7 Å². The van der Waals surface area contributed by atoms with Crippen molar-refractivity contribution in [1.82, 2.24) is 4.90 Å². The minimum Gasteiger partial charge on any atom is -0.497 e. The number of amides is 1. The van der Waals surface area contributed by atoms with Crippen LogP contribution in [0.4, 0.5) is 5.69 Å². The van der Waals surface area contributed by atoms with Crippen LogP contribution in [0.3, 0.4) is 0 Å². The molecule has 0 fully saturated rings. The molecule has 3 rings (SSSR count). The van der Waals surface area contributed by atoms with Gasteiger partial charge >= 0.3 is 0 Å². The fourth-order valence-electron chi connectivity index (χ4n) is 3.16. The van der Waals surface area contributed by atoms with Gasteiger partial charge in [0.25, 0.3) is 5.91 Å².